The highest BCUT2D eigenvalue weighted by Gasteiger charge is 2.04. The smallest absolute Gasteiger partial charge is 0.188 e. The van der Waals surface area contributed by atoms with Gasteiger partial charge < -0.3 is 20.5 Å². The Kier molecular flexibility index (Phi) is 6.49. The van der Waals surface area contributed by atoms with Crippen LogP contribution in [-0.4, -0.2) is 26.7 Å². The number of benzene rings is 2. The molecule has 5 nitrogen and oxygen atoms in total. The van der Waals surface area contributed by atoms with Crippen LogP contribution in [-0.2, 0) is 13.0 Å². The second-order valence-corrected chi connectivity index (χ2v) is 5.49. The minimum Gasteiger partial charge on any atom is -0.493 e. The molecule has 2 rings (SSSR count). The fraction of sp³-hybridized carbons (Fsp3) is 0.316. The number of nitrogens with one attached hydrogen (secondary N) is 1. The summed E-state index contributed by atoms with van der Waals surface area (Å²) in [4.78, 5) is 4.39. The molecule has 0 aliphatic carbocycles. The van der Waals surface area contributed by atoms with Gasteiger partial charge in [-0.3, -0.25) is 0 Å². The van der Waals surface area contributed by atoms with Crippen LogP contribution in [0.2, 0.25) is 0 Å². The summed E-state index contributed by atoms with van der Waals surface area (Å²) in [6.07, 6.45) is 0.820. The molecule has 0 aromatic heterocycles. The number of rotatable bonds is 7. The number of hydrogen-bond donors (Lipinski definition) is 2. The highest BCUT2D eigenvalue weighted by atomic mass is 16.5. The lowest BCUT2D eigenvalue weighted by molar-refractivity contribution is 0.354. The molecule has 0 aliphatic heterocycles. The Morgan fingerprint density at radius 3 is 2.54 bits per heavy atom. The third kappa shape index (κ3) is 4.91. The van der Waals surface area contributed by atoms with E-state index in [9.17, 15) is 0 Å². The van der Waals surface area contributed by atoms with Gasteiger partial charge in [-0.15, -0.1) is 0 Å². The number of methoxy groups -OCH3 is 2. The van der Waals surface area contributed by atoms with Crippen molar-refractivity contribution < 1.29 is 9.47 Å². The van der Waals surface area contributed by atoms with Crippen molar-refractivity contribution in [3.63, 3.8) is 0 Å². The molecule has 0 atom stereocenters. The highest BCUT2D eigenvalue weighted by Crippen LogP contribution is 2.27. The van der Waals surface area contributed by atoms with Crippen LogP contribution in [0.3, 0.4) is 0 Å². The molecular formula is C19H25N3O2. The molecule has 0 unspecified atom stereocenters. The zero-order valence-electron chi connectivity index (χ0n) is 14.5. The van der Waals surface area contributed by atoms with E-state index in [2.05, 4.69) is 29.4 Å². The van der Waals surface area contributed by atoms with Gasteiger partial charge in [0.25, 0.3) is 0 Å². The van der Waals surface area contributed by atoms with Crippen LogP contribution >= 0.6 is 0 Å². The van der Waals surface area contributed by atoms with Crippen LogP contribution in [0.1, 0.15) is 16.7 Å². The van der Waals surface area contributed by atoms with Gasteiger partial charge >= 0.3 is 0 Å². The van der Waals surface area contributed by atoms with Gasteiger partial charge in [0.05, 0.1) is 20.8 Å². The predicted octanol–water partition coefficient (Wildman–Crippen LogP) is 2.66. The topological polar surface area (TPSA) is 68.9 Å². The van der Waals surface area contributed by atoms with Crippen LogP contribution in [0.5, 0.6) is 11.5 Å². The molecule has 0 radical (unpaired) electrons. The zero-order chi connectivity index (χ0) is 17.4. The summed E-state index contributed by atoms with van der Waals surface area (Å²) in [6.45, 7) is 3.37. The molecule has 0 saturated carbocycles. The molecule has 0 spiro atoms. The Hall–Kier alpha value is -2.69. The van der Waals surface area contributed by atoms with E-state index < -0.39 is 0 Å². The maximum absolute atomic E-state index is 5.93. The van der Waals surface area contributed by atoms with Gasteiger partial charge in [-0.1, -0.05) is 30.3 Å². The van der Waals surface area contributed by atoms with Gasteiger partial charge in [0.2, 0.25) is 0 Å². The molecule has 24 heavy (non-hydrogen) atoms. The largest absolute Gasteiger partial charge is 0.493 e. The van der Waals surface area contributed by atoms with Crippen LogP contribution in [0.25, 0.3) is 0 Å². The SMILES string of the molecule is COc1ccc(CCNC(N)=NCc2ccccc2C)cc1OC. The van der Waals surface area contributed by atoms with Gasteiger partial charge in [-0.2, -0.15) is 0 Å². The average Bonchev–Trinajstić information content (AvgIpc) is 2.61. The van der Waals surface area contributed by atoms with Gasteiger partial charge in [0.15, 0.2) is 17.5 Å². The summed E-state index contributed by atoms with van der Waals surface area (Å²) < 4.78 is 10.5. The van der Waals surface area contributed by atoms with Crippen molar-refractivity contribution in [2.24, 2.45) is 10.7 Å². The summed E-state index contributed by atoms with van der Waals surface area (Å²) in [6, 6.07) is 14.1. The monoisotopic (exact) mass is 327 g/mol. The van der Waals surface area contributed by atoms with E-state index in [0.29, 0.717) is 19.0 Å². The van der Waals surface area contributed by atoms with Crippen molar-refractivity contribution in [2.45, 2.75) is 19.9 Å². The van der Waals surface area contributed by atoms with Crippen LogP contribution in [0.15, 0.2) is 47.5 Å². The molecular weight excluding hydrogens is 302 g/mol. The molecule has 5 heteroatoms. The normalized spacial score (nSPS) is 11.2. The maximum atomic E-state index is 5.93. The van der Waals surface area contributed by atoms with Crippen LogP contribution in [0, 0.1) is 6.92 Å². The van der Waals surface area contributed by atoms with Gasteiger partial charge in [0, 0.05) is 6.54 Å². The number of hydrogen-bond acceptors (Lipinski definition) is 3. The number of aliphatic imine (C=N–C) groups is 1. The molecule has 0 saturated heterocycles. The Bertz CT molecular complexity index is 699. The third-order valence-electron chi connectivity index (χ3n) is 3.85. The van der Waals surface area contributed by atoms with E-state index in [1.54, 1.807) is 14.2 Å². The molecule has 0 bridgehead atoms. The molecule has 0 heterocycles. The minimum atomic E-state index is 0.457. The first-order valence-corrected chi connectivity index (χ1v) is 7.93. The minimum absolute atomic E-state index is 0.457. The molecule has 0 aliphatic rings. The van der Waals surface area contributed by atoms with E-state index in [0.717, 1.165) is 23.5 Å². The third-order valence-corrected chi connectivity index (χ3v) is 3.85. The Morgan fingerprint density at radius 1 is 1.08 bits per heavy atom. The lowest BCUT2D eigenvalue weighted by atomic mass is 10.1. The van der Waals surface area contributed by atoms with Crippen molar-refractivity contribution in [3.8, 4) is 11.5 Å². The quantitative estimate of drug-likeness (QED) is 0.606. The van der Waals surface area contributed by atoms with E-state index in [1.165, 1.54) is 11.1 Å². The van der Waals surface area contributed by atoms with E-state index in [-0.39, 0.29) is 0 Å². The van der Waals surface area contributed by atoms with Gasteiger partial charge in [-0.05, 0) is 42.2 Å². The van der Waals surface area contributed by atoms with E-state index in [4.69, 9.17) is 15.2 Å². The Morgan fingerprint density at radius 2 is 1.83 bits per heavy atom. The summed E-state index contributed by atoms with van der Waals surface area (Å²) >= 11 is 0. The number of nitrogens with zero attached hydrogens (tertiary/aromatic N) is 1. The second-order valence-electron chi connectivity index (χ2n) is 5.49. The summed E-state index contributed by atoms with van der Waals surface area (Å²) in [7, 11) is 3.26. The molecule has 0 amide bonds. The van der Waals surface area contributed by atoms with E-state index >= 15 is 0 Å². The van der Waals surface area contributed by atoms with Crippen LogP contribution < -0.4 is 20.5 Å². The van der Waals surface area contributed by atoms with Crippen molar-refractivity contribution in [1.82, 2.24) is 5.32 Å². The molecule has 0 fully saturated rings. The second kappa shape index (κ2) is 8.82. The summed E-state index contributed by atoms with van der Waals surface area (Å²) in [5, 5.41) is 3.14. The standard InChI is InChI=1S/C19H25N3O2/c1-14-6-4-5-7-16(14)13-22-19(20)21-11-10-15-8-9-17(23-2)18(12-15)24-3/h4-9,12H,10-11,13H2,1-3H3,(H3,20,21,22). The van der Waals surface area contributed by atoms with Crippen LogP contribution in [0.4, 0.5) is 0 Å². The number of aryl methyl sites for hydroxylation is 1. The van der Waals surface area contributed by atoms with Crippen molar-refractivity contribution in [1.29, 1.82) is 0 Å². The Labute approximate surface area is 143 Å². The van der Waals surface area contributed by atoms with Crippen molar-refractivity contribution in [3.05, 3.63) is 59.2 Å². The molecule has 3 N–H and O–H groups in total. The summed E-state index contributed by atoms with van der Waals surface area (Å²) in [5.74, 6) is 1.92. The first kappa shape index (κ1) is 17.7. The molecule has 2 aromatic rings. The van der Waals surface area contributed by atoms with Gasteiger partial charge in [0.1, 0.15) is 0 Å². The lowest BCUT2D eigenvalue weighted by Crippen LogP contribution is -2.33. The first-order chi connectivity index (χ1) is 11.6. The van der Waals surface area contributed by atoms with Gasteiger partial charge in [-0.25, -0.2) is 4.99 Å². The molecule has 2 aromatic carbocycles. The fourth-order valence-corrected chi connectivity index (χ4v) is 2.38. The summed E-state index contributed by atoms with van der Waals surface area (Å²) in [5.41, 5.74) is 9.48. The number of nitrogens with two attached hydrogens (primary N) is 1. The lowest BCUT2D eigenvalue weighted by Gasteiger charge is -2.10. The first-order valence-electron chi connectivity index (χ1n) is 7.93. The highest BCUT2D eigenvalue weighted by molar-refractivity contribution is 5.77. The van der Waals surface area contributed by atoms with Crippen molar-refractivity contribution >= 4 is 5.96 Å². The zero-order valence-corrected chi connectivity index (χ0v) is 14.5. The number of ether oxygens (including phenoxy) is 2. The fourth-order valence-electron chi connectivity index (χ4n) is 2.38. The Balaban J connectivity index is 1.85. The van der Waals surface area contributed by atoms with E-state index in [1.807, 2.05) is 30.3 Å². The van der Waals surface area contributed by atoms with Crippen molar-refractivity contribution in [2.75, 3.05) is 20.8 Å². The average molecular weight is 327 g/mol. The predicted molar refractivity (Wildman–Crippen MR) is 97.8 cm³/mol. The molecule has 128 valence electrons. The number of guanidine groups is 1. The maximum Gasteiger partial charge on any atom is 0.188 e.